The van der Waals surface area contributed by atoms with Gasteiger partial charge in [-0.05, 0) is 23.1 Å². The standard InChI is InChI=1S/C19H19N3O4/c23-17(20-11-10-14-4-2-1-3-5-14)12-18(24)22-21-13-15-6-8-16(9-7-15)19(25)26/h1-9,13H,10-12H2,(H,20,23)(H,22,24)(H,25,26)/p-1/b21-13-. The summed E-state index contributed by atoms with van der Waals surface area (Å²) in [7, 11) is 0. The highest BCUT2D eigenvalue weighted by Gasteiger charge is 2.07. The fourth-order valence-electron chi connectivity index (χ4n) is 2.12. The minimum absolute atomic E-state index is 0.0540. The lowest BCUT2D eigenvalue weighted by atomic mass is 10.1. The molecule has 0 aliphatic carbocycles. The first-order valence-electron chi connectivity index (χ1n) is 7.98. The highest BCUT2D eigenvalue weighted by atomic mass is 16.4. The van der Waals surface area contributed by atoms with Crippen molar-refractivity contribution in [3.05, 3.63) is 71.3 Å². The van der Waals surface area contributed by atoms with Gasteiger partial charge >= 0.3 is 0 Å². The van der Waals surface area contributed by atoms with Crippen LogP contribution >= 0.6 is 0 Å². The van der Waals surface area contributed by atoms with Gasteiger partial charge in [-0.1, -0.05) is 54.6 Å². The molecule has 0 saturated carbocycles. The zero-order valence-electron chi connectivity index (χ0n) is 14.0. The summed E-state index contributed by atoms with van der Waals surface area (Å²) in [5.74, 6) is -2.18. The molecular formula is C19H18N3O4-. The molecule has 0 bridgehead atoms. The predicted molar refractivity (Wildman–Crippen MR) is 94.3 cm³/mol. The van der Waals surface area contributed by atoms with E-state index in [9.17, 15) is 19.5 Å². The molecule has 2 aromatic carbocycles. The fourth-order valence-corrected chi connectivity index (χ4v) is 2.12. The van der Waals surface area contributed by atoms with E-state index in [-0.39, 0.29) is 17.9 Å². The van der Waals surface area contributed by atoms with E-state index in [0.29, 0.717) is 18.5 Å². The minimum Gasteiger partial charge on any atom is -0.545 e. The molecule has 0 fully saturated rings. The third-order valence-electron chi connectivity index (χ3n) is 3.45. The Balaban J connectivity index is 1.68. The van der Waals surface area contributed by atoms with Gasteiger partial charge in [0.05, 0.1) is 12.2 Å². The van der Waals surface area contributed by atoms with Crippen LogP contribution in [0.4, 0.5) is 0 Å². The van der Waals surface area contributed by atoms with Crippen LogP contribution in [-0.2, 0) is 16.0 Å². The van der Waals surface area contributed by atoms with Crippen molar-refractivity contribution in [2.24, 2.45) is 5.10 Å². The summed E-state index contributed by atoms with van der Waals surface area (Å²) >= 11 is 0. The van der Waals surface area contributed by atoms with E-state index in [1.807, 2.05) is 30.3 Å². The van der Waals surface area contributed by atoms with Crippen LogP contribution < -0.4 is 15.8 Å². The number of carboxylic acids is 1. The number of carboxylic acid groups (broad SMARTS) is 1. The van der Waals surface area contributed by atoms with Crippen LogP contribution in [0.2, 0.25) is 0 Å². The molecule has 26 heavy (non-hydrogen) atoms. The van der Waals surface area contributed by atoms with Gasteiger partial charge in [0.15, 0.2) is 0 Å². The largest absolute Gasteiger partial charge is 0.545 e. The molecule has 2 N–H and O–H groups in total. The maximum absolute atomic E-state index is 11.7. The average molecular weight is 352 g/mol. The Morgan fingerprint density at radius 1 is 0.962 bits per heavy atom. The number of rotatable bonds is 8. The molecule has 2 rings (SSSR count). The molecule has 7 nitrogen and oxygen atoms in total. The lowest BCUT2D eigenvalue weighted by Crippen LogP contribution is -2.31. The SMILES string of the molecule is O=C(CC(=O)N/N=C\c1ccc(C(=O)[O-])cc1)NCCc1ccccc1. The summed E-state index contributed by atoms with van der Waals surface area (Å²) in [5.41, 5.74) is 4.01. The number of hydrogen-bond donors (Lipinski definition) is 2. The first kappa shape index (κ1) is 18.9. The van der Waals surface area contributed by atoms with Crippen LogP contribution in [0.15, 0.2) is 59.7 Å². The first-order chi connectivity index (χ1) is 12.5. The topological polar surface area (TPSA) is 111 Å². The van der Waals surface area contributed by atoms with Crippen molar-refractivity contribution in [1.82, 2.24) is 10.7 Å². The van der Waals surface area contributed by atoms with Crippen molar-refractivity contribution in [2.75, 3.05) is 6.54 Å². The Morgan fingerprint density at radius 2 is 1.65 bits per heavy atom. The fraction of sp³-hybridized carbons (Fsp3) is 0.158. The highest BCUT2D eigenvalue weighted by molar-refractivity contribution is 5.97. The first-order valence-corrected chi connectivity index (χ1v) is 7.98. The number of benzene rings is 2. The summed E-state index contributed by atoms with van der Waals surface area (Å²) in [5, 5.41) is 17.0. The molecule has 0 radical (unpaired) electrons. The number of hydrogen-bond acceptors (Lipinski definition) is 5. The van der Waals surface area contributed by atoms with Gasteiger partial charge < -0.3 is 15.2 Å². The lowest BCUT2D eigenvalue weighted by molar-refractivity contribution is -0.255. The maximum atomic E-state index is 11.7. The van der Waals surface area contributed by atoms with Crippen molar-refractivity contribution in [3.63, 3.8) is 0 Å². The molecule has 0 spiro atoms. The number of carbonyl (C=O) groups is 3. The second-order valence-electron chi connectivity index (χ2n) is 5.46. The van der Waals surface area contributed by atoms with Crippen LogP contribution in [0, 0.1) is 0 Å². The van der Waals surface area contributed by atoms with E-state index in [0.717, 1.165) is 5.56 Å². The molecule has 0 aromatic heterocycles. The Hall–Kier alpha value is -3.48. The van der Waals surface area contributed by atoms with E-state index in [1.165, 1.54) is 30.5 Å². The van der Waals surface area contributed by atoms with Gasteiger partial charge in [0.2, 0.25) is 11.8 Å². The zero-order chi connectivity index (χ0) is 18.8. The van der Waals surface area contributed by atoms with E-state index >= 15 is 0 Å². The van der Waals surface area contributed by atoms with Crippen LogP contribution in [-0.4, -0.2) is 30.5 Å². The molecule has 0 aliphatic rings. The van der Waals surface area contributed by atoms with E-state index in [2.05, 4.69) is 15.8 Å². The van der Waals surface area contributed by atoms with Gasteiger partial charge in [-0.2, -0.15) is 5.10 Å². The van der Waals surface area contributed by atoms with Crippen molar-refractivity contribution < 1.29 is 19.5 Å². The van der Waals surface area contributed by atoms with Crippen LogP contribution in [0.1, 0.15) is 27.9 Å². The van der Waals surface area contributed by atoms with Gasteiger partial charge in [-0.3, -0.25) is 9.59 Å². The number of aromatic carboxylic acids is 1. The lowest BCUT2D eigenvalue weighted by Gasteiger charge is -2.05. The Kier molecular flexibility index (Phi) is 7.05. The molecule has 7 heteroatoms. The summed E-state index contributed by atoms with van der Waals surface area (Å²) in [4.78, 5) is 34.0. The summed E-state index contributed by atoms with van der Waals surface area (Å²) in [6, 6.07) is 15.5. The molecule has 0 aliphatic heterocycles. The van der Waals surface area contributed by atoms with Crippen molar-refractivity contribution in [2.45, 2.75) is 12.8 Å². The van der Waals surface area contributed by atoms with Crippen molar-refractivity contribution in [1.29, 1.82) is 0 Å². The zero-order valence-corrected chi connectivity index (χ0v) is 14.0. The van der Waals surface area contributed by atoms with E-state index in [4.69, 9.17) is 0 Å². The van der Waals surface area contributed by atoms with Gasteiger partial charge in [-0.25, -0.2) is 5.43 Å². The van der Waals surface area contributed by atoms with Crippen molar-refractivity contribution >= 4 is 24.0 Å². The Labute approximate surface area is 150 Å². The normalized spacial score (nSPS) is 10.5. The summed E-state index contributed by atoms with van der Waals surface area (Å²) < 4.78 is 0. The average Bonchev–Trinajstić information content (AvgIpc) is 2.63. The number of amides is 2. The number of carbonyl (C=O) groups excluding carboxylic acids is 3. The second-order valence-corrected chi connectivity index (χ2v) is 5.46. The number of nitrogens with zero attached hydrogens (tertiary/aromatic N) is 1. The second kappa shape index (κ2) is 9.73. The molecule has 2 aromatic rings. The highest BCUT2D eigenvalue weighted by Crippen LogP contribution is 2.01. The van der Waals surface area contributed by atoms with Gasteiger partial charge in [-0.15, -0.1) is 0 Å². The van der Waals surface area contributed by atoms with Crippen LogP contribution in [0.5, 0.6) is 0 Å². The van der Waals surface area contributed by atoms with Crippen molar-refractivity contribution in [3.8, 4) is 0 Å². The molecule has 134 valence electrons. The third-order valence-corrected chi connectivity index (χ3v) is 3.45. The van der Waals surface area contributed by atoms with Gasteiger partial charge in [0.25, 0.3) is 0 Å². The van der Waals surface area contributed by atoms with Crippen LogP contribution in [0.25, 0.3) is 0 Å². The number of nitrogens with one attached hydrogen (secondary N) is 2. The van der Waals surface area contributed by atoms with E-state index in [1.54, 1.807) is 0 Å². The quantitative estimate of drug-likeness (QED) is 0.403. The third kappa shape index (κ3) is 6.56. The molecular weight excluding hydrogens is 334 g/mol. The smallest absolute Gasteiger partial charge is 0.249 e. The summed E-state index contributed by atoms with van der Waals surface area (Å²) in [6.45, 7) is 0.449. The molecule has 0 heterocycles. The van der Waals surface area contributed by atoms with E-state index < -0.39 is 11.9 Å². The Bertz CT molecular complexity index is 786. The Morgan fingerprint density at radius 3 is 2.31 bits per heavy atom. The number of hydrazone groups is 1. The monoisotopic (exact) mass is 352 g/mol. The minimum atomic E-state index is -1.26. The maximum Gasteiger partial charge on any atom is 0.249 e. The van der Waals surface area contributed by atoms with Gasteiger partial charge in [0, 0.05) is 6.54 Å². The predicted octanol–water partition coefficient (Wildman–Crippen LogP) is 0.249. The molecule has 0 saturated heterocycles. The van der Waals surface area contributed by atoms with Gasteiger partial charge in [0.1, 0.15) is 6.42 Å². The van der Waals surface area contributed by atoms with Crippen LogP contribution in [0.3, 0.4) is 0 Å². The molecule has 2 amide bonds. The molecule has 0 unspecified atom stereocenters. The summed E-state index contributed by atoms with van der Waals surface area (Å²) in [6.07, 6.45) is 1.72. The molecule has 0 atom stereocenters.